The van der Waals surface area contributed by atoms with Crippen LogP contribution >= 0.6 is 0 Å². The minimum atomic E-state index is -3.44. The highest BCUT2D eigenvalue weighted by atomic mass is 32.2. The van der Waals surface area contributed by atoms with Crippen LogP contribution in [0.5, 0.6) is 0 Å². The van der Waals surface area contributed by atoms with Crippen LogP contribution in [0.1, 0.15) is 23.7 Å². The number of primary sulfonamides is 1. The number of amides is 1. The molecule has 0 aliphatic rings. The van der Waals surface area contributed by atoms with Crippen LogP contribution in [0.2, 0.25) is 0 Å². The van der Waals surface area contributed by atoms with Gasteiger partial charge in [0.2, 0.25) is 10.0 Å². The van der Waals surface area contributed by atoms with E-state index < -0.39 is 10.0 Å². The van der Waals surface area contributed by atoms with E-state index in [4.69, 9.17) is 10.9 Å². The summed E-state index contributed by atoms with van der Waals surface area (Å²) < 4.78 is 21.5. The minimum Gasteiger partial charge on any atom is -0.397 e. The third kappa shape index (κ3) is 5.45. The van der Waals surface area contributed by atoms with Crippen molar-refractivity contribution in [1.82, 2.24) is 5.32 Å². The molecule has 0 aromatic heterocycles. The molecular formula is C12H20N4O3S. The van der Waals surface area contributed by atoms with Crippen molar-refractivity contribution in [2.75, 3.05) is 29.9 Å². The first-order chi connectivity index (χ1) is 9.33. The summed E-state index contributed by atoms with van der Waals surface area (Å²) in [6.45, 7) is 2.82. The Labute approximate surface area is 118 Å². The van der Waals surface area contributed by atoms with Gasteiger partial charge in [0.15, 0.2) is 0 Å². The molecule has 0 heterocycles. The molecule has 1 aromatic rings. The second-order valence-corrected chi connectivity index (χ2v) is 6.04. The molecule has 1 aromatic carbocycles. The zero-order valence-corrected chi connectivity index (χ0v) is 12.2. The summed E-state index contributed by atoms with van der Waals surface area (Å²) in [5.74, 6) is -0.267. The van der Waals surface area contributed by atoms with Crippen LogP contribution in [0.4, 0.5) is 11.4 Å². The zero-order chi connectivity index (χ0) is 15.2. The number of carbonyl (C=O) groups is 1. The lowest BCUT2D eigenvalue weighted by Gasteiger charge is -2.10. The van der Waals surface area contributed by atoms with Gasteiger partial charge in [0.1, 0.15) is 0 Å². The molecular weight excluding hydrogens is 280 g/mol. The Morgan fingerprint density at radius 2 is 2.05 bits per heavy atom. The number of carbonyl (C=O) groups excluding carboxylic acids is 1. The lowest BCUT2D eigenvalue weighted by atomic mass is 10.1. The van der Waals surface area contributed by atoms with Crippen LogP contribution in [0.3, 0.4) is 0 Å². The molecule has 0 unspecified atom stereocenters. The number of benzene rings is 1. The standard InChI is InChI=1S/C12H20N4O3S/c1-2-15-12(17)9-4-5-11(10(13)8-9)16-6-3-7-20(14,18)19/h4-5,8,16H,2-3,6-7,13H2,1H3,(H,15,17)(H2,14,18,19). The van der Waals surface area contributed by atoms with Crippen molar-refractivity contribution in [2.45, 2.75) is 13.3 Å². The van der Waals surface area contributed by atoms with Crippen molar-refractivity contribution in [3.05, 3.63) is 23.8 Å². The van der Waals surface area contributed by atoms with E-state index in [0.29, 0.717) is 36.4 Å². The molecule has 6 N–H and O–H groups in total. The number of nitrogens with two attached hydrogens (primary N) is 2. The fraction of sp³-hybridized carbons (Fsp3) is 0.417. The van der Waals surface area contributed by atoms with E-state index in [2.05, 4.69) is 10.6 Å². The van der Waals surface area contributed by atoms with Gasteiger partial charge in [-0.15, -0.1) is 0 Å². The Morgan fingerprint density at radius 3 is 2.60 bits per heavy atom. The van der Waals surface area contributed by atoms with Gasteiger partial charge in [-0.05, 0) is 31.5 Å². The Morgan fingerprint density at radius 1 is 1.35 bits per heavy atom. The molecule has 8 heteroatoms. The normalized spacial score (nSPS) is 11.1. The third-order valence-corrected chi connectivity index (χ3v) is 3.43. The highest BCUT2D eigenvalue weighted by Gasteiger charge is 2.07. The van der Waals surface area contributed by atoms with Crippen molar-refractivity contribution in [3.63, 3.8) is 0 Å². The summed E-state index contributed by atoms with van der Waals surface area (Å²) in [7, 11) is -3.44. The molecule has 1 amide bonds. The van der Waals surface area contributed by atoms with Crippen molar-refractivity contribution in [3.8, 4) is 0 Å². The Kier molecular flexibility index (Phi) is 5.78. The Balaban J connectivity index is 2.58. The van der Waals surface area contributed by atoms with Crippen molar-refractivity contribution < 1.29 is 13.2 Å². The molecule has 20 heavy (non-hydrogen) atoms. The molecule has 7 nitrogen and oxygen atoms in total. The predicted molar refractivity (Wildman–Crippen MR) is 79.9 cm³/mol. The van der Waals surface area contributed by atoms with Crippen molar-refractivity contribution in [2.24, 2.45) is 5.14 Å². The van der Waals surface area contributed by atoms with E-state index in [1.807, 2.05) is 6.92 Å². The van der Waals surface area contributed by atoms with Gasteiger partial charge in [-0.2, -0.15) is 0 Å². The maximum Gasteiger partial charge on any atom is 0.251 e. The van der Waals surface area contributed by atoms with Gasteiger partial charge in [0.05, 0.1) is 17.1 Å². The van der Waals surface area contributed by atoms with Crippen molar-refractivity contribution >= 4 is 27.3 Å². The average Bonchev–Trinajstić information content (AvgIpc) is 2.35. The van der Waals surface area contributed by atoms with Crippen molar-refractivity contribution in [1.29, 1.82) is 0 Å². The molecule has 1 rings (SSSR count). The maximum atomic E-state index is 11.6. The summed E-state index contributed by atoms with van der Waals surface area (Å²) in [6, 6.07) is 4.92. The monoisotopic (exact) mass is 300 g/mol. The number of hydrogen-bond acceptors (Lipinski definition) is 5. The second-order valence-electron chi connectivity index (χ2n) is 4.31. The summed E-state index contributed by atoms with van der Waals surface area (Å²) in [5.41, 5.74) is 7.42. The molecule has 0 bridgehead atoms. The van der Waals surface area contributed by atoms with Gasteiger partial charge in [0, 0.05) is 18.7 Å². The number of nitrogen functional groups attached to an aromatic ring is 1. The molecule has 0 fully saturated rings. The van der Waals surface area contributed by atoms with E-state index in [9.17, 15) is 13.2 Å². The number of sulfonamides is 1. The summed E-state index contributed by atoms with van der Waals surface area (Å²) in [6.07, 6.45) is 0.385. The summed E-state index contributed by atoms with van der Waals surface area (Å²) >= 11 is 0. The maximum absolute atomic E-state index is 11.6. The quantitative estimate of drug-likeness (QED) is 0.420. The lowest BCUT2D eigenvalue weighted by Crippen LogP contribution is -2.22. The first-order valence-corrected chi connectivity index (χ1v) is 7.97. The highest BCUT2D eigenvalue weighted by molar-refractivity contribution is 7.89. The van der Waals surface area contributed by atoms with Gasteiger partial charge in [0.25, 0.3) is 5.91 Å². The van der Waals surface area contributed by atoms with Crippen LogP contribution in [0.25, 0.3) is 0 Å². The van der Waals surface area contributed by atoms with Crippen LogP contribution < -0.4 is 21.5 Å². The number of rotatable bonds is 7. The SMILES string of the molecule is CCNC(=O)c1ccc(NCCCS(N)(=O)=O)c(N)c1. The Bertz CT molecular complexity index is 572. The molecule has 0 spiro atoms. The average molecular weight is 300 g/mol. The zero-order valence-electron chi connectivity index (χ0n) is 11.3. The van der Waals surface area contributed by atoms with Crippen LogP contribution in [-0.2, 0) is 10.0 Å². The number of nitrogens with one attached hydrogen (secondary N) is 2. The van der Waals surface area contributed by atoms with Crippen LogP contribution in [0, 0.1) is 0 Å². The fourth-order valence-corrected chi connectivity index (χ4v) is 2.17. The molecule has 112 valence electrons. The first kappa shape index (κ1) is 16.3. The first-order valence-electron chi connectivity index (χ1n) is 6.25. The predicted octanol–water partition coefficient (Wildman–Crippen LogP) is 0.109. The molecule has 0 atom stereocenters. The molecule has 0 aliphatic heterocycles. The van der Waals surface area contributed by atoms with E-state index in [0.717, 1.165) is 0 Å². The van der Waals surface area contributed by atoms with E-state index in [-0.39, 0.29) is 11.7 Å². The largest absolute Gasteiger partial charge is 0.397 e. The van der Waals surface area contributed by atoms with Crippen LogP contribution in [-0.4, -0.2) is 33.2 Å². The summed E-state index contributed by atoms with van der Waals surface area (Å²) in [4.78, 5) is 11.6. The number of anilines is 2. The van der Waals surface area contributed by atoms with E-state index in [1.165, 1.54) is 0 Å². The fourth-order valence-electron chi connectivity index (χ4n) is 1.62. The van der Waals surface area contributed by atoms with Gasteiger partial charge >= 0.3 is 0 Å². The van der Waals surface area contributed by atoms with Gasteiger partial charge < -0.3 is 16.4 Å². The summed E-state index contributed by atoms with van der Waals surface area (Å²) in [5, 5.41) is 10.6. The Hall–Kier alpha value is -1.80. The van der Waals surface area contributed by atoms with Gasteiger partial charge in [-0.25, -0.2) is 13.6 Å². The minimum absolute atomic E-state index is 0.0864. The number of hydrogen-bond donors (Lipinski definition) is 4. The molecule has 0 radical (unpaired) electrons. The smallest absolute Gasteiger partial charge is 0.251 e. The topological polar surface area (TPSA) is 127 Å². The molecule has 0 saturated carbocycles. The third-order valence-electron chi connectivity index (χ3n) is 2.57. The lowest BCUT2D eigenvalue weighted by molar-refractivity contribution is 0.0956. The highest BCUT2D eigenvalue weighted by Crippen LogP contribution is 2.19. The molecule has 0 saturated heterocycles. The second kappa shape index (κ2) is 7.11. The molecule has 0 aliphatic carbocycles. The van der Waals surface area contributed by atoms with E-state index in [1.54, 1.807) is 18.2 Å². The van der Waals surface area contributed by atoms with Gasteiger partial charge in [-0.3, -0.25) is 4.79 Å². The van der Waals surface area contributed by atoms with E-state index >= 15 is 0 Å². The van der Waals surface area contributed by atoms with Crippen LogP contribution in [0.15, 0.2) is 18.2 Å². The van der Waals surface area contributed by atoms with Gasteiger partial charge in [-0.1, -0.05) is 0 Å².